The average Bonchev–Trinajstić information content (AvgIpc) is 2.43. The van der Waals surface area contributed by atoms with Gasteiger partial charge in [-0.05, 0) is 37.1 Å². The first kappa shape index (κ1) is 16.5. The molecule has 1 aromatic carbocycles. The van der Waals surface area contributed by atoms with Crippen molar-refractivity contribution in [1.29, 1.82) is 0 Å². The Morgan fingerprint density at radius 1 is 1.30 bits per heavy atom. The van der Waals surface area contributed by atoms with Crippen LogP contribution in [0.25, 0.3) is 0 Å². The third-order valence-corrected chi connectivity index (χ3v) is 2.95. The van der Waals surface area contributed by atoms with Crippen LogP contribution in [0.1, 0.15) is 39.3 Å². The van der Waals surface area contributed by atoms with Crippen LogP contribution in [0.2, 0.25) is 0 Å². The summed E-state index contributed by atoms with van der Waals surface area (Å²) in [6.07, 6.45) is 0. The number of rotatable bonds is 8. The van der Waals surface area contributed by atoms with Crippen LogP contribution in [-0.4, -0.2) is 25.6 Å². The molecule has 1 amide bonds. The maximum absolute atomic E-state index is 11.6. The second-order valence-corrected chi connectivity index (χ2v) is 5.34. The molecule has 0 saturated heterocycles. The zero-order valence-electron chi connectivity index (χ0n) is 12.9. The lowest BCUT2D eigenvalue weighted by atomic mass is 10.1. The van der Waals surface area contributed by atoms with Crippen molar-refractivity contribution in [3.8, 4) is 5.75 Å². The SMILES string of the molecule is CCNC(C)c1cccc(OCC(=O)NCC(C)C)c1. The van der Waals surface area contributed by atoms with Crippen LogP contribution < -0.4 is 15.4 Å². The Hall–Kier alpha value is -1.55. The Morgan fingerprint density at radius 2 is 2.05 bits per heavy atom. The van der Waals surface area contributed by atoms with Gasteiger partial charge in [-0.1, -0.05) is 32.9 Å². The van der Waals surface area contributed by atoms with Crippen molar-refractivity contribution < 1.29 is 9.53 Å². The van der Waals surface area contributed by atoms with Crippen LogP contribution in [0.4, 0.5) is 0 Å². The smallest absolute Gasteiger partial charge is 0.257 e. The lowest BCUT2D eigenvalue weighted by Gasteiger charge is -2.14. The maximum atomic E-state index is 11.6. The third kappa shape index (κ3) is 6.06. The molecular weight excluding hydrogens is 252 g/mol. The van der Waals surface area contributed by atoms with E-state index < -0.39 is 0 Å². The Morgan fingerprint density at radius 3 is 2.70 bits per heavy atom. The Labute approximate surface area is 121 Å². The number of hydrogen-bond acceptors (Lipinski definition) is 3. The standard InChI is InChI=1S/C16H26N2O2/c1-5-17-13(4)14-7-6-8-15(9-14)20-11-16(19)18-10-12(2)3/h6-9,12-13,17H,5,10-11H2,1-4H3,(H,18,19). The Kier molecular flexibility index (Phi) is 7.09. The number of benzene rings is 1. The highest BCUT2D eigenvalue weighted by atomic mass is 16.5. The number of nitrogens with one attached hydrogen (secondary N) is 2. The van der Waals surface area contributed by atoms with Gasteiger partial charge in [-0.2, -0.15) is 0 Å². The number of carbonyl (C=O) groups is 1. The van der Waals surface area contributed by atoms with Crippen molar-refractivity contribution in [2.75, 3.05) is 19.7 Å². The summed E-state index contributed by atoms with van der Waals surface area (Å²) in [7, 11) is 0. The molecule has 4 nitrogen and oxygen atoms in total. The van der Waals surface area contributed by atoms with E-state index in [0.717, 1.165) is 17.9 Å². The lowest BCUT2D eigenvalue weighted by Crippen LogP contribution is -2.31. The van der Waals surface area contributed by atoms with E-state index in [0.29, 0.717) is 12.5 Å². The van der Waals surface area contributed by atoms with Crippen LogP contribution in [0, 0.1) is 5.92 Å². The summed E-state index contributed by atoms with van der Waals surface area (Å²) in [5.74, 6) is 1.10. The average molecular weight is 278 g/mol. The molecular formula is C16H26N2O2. The molecule has 0 radical (unpaired) electrons. The maximum Gasteiger partial charge on any atom is 0.257 e. The van der Waals surface area contributed by atoms with Gasteiger partial charge in [0, 0.05) is 12.6 Å². The first-order valence-electron chi connectivity index (χ1n) is 7.25. The Bertz CT molecular complexity index is 419. The van der Waals surface area contributed by atoms with E-state index in [1.54, 1.807) is 0 Å². The molecule has 0 aliphatic heterocycles. The van der Waals surface area contributed by atoms with Crippen molar-refractivity contribution in [3.05, 3.63) is 29.8 Å². The van der Waals surface area contributed by atoms with Gasteiger partial charge >= 0.3 is 0 Å². The predicted molar refractivity (Wildman–Crippen MR) is 81.9 cm³/mol. The molecule has 1 atom stereocenters. The topological polar surface area (TPSA) is 50.4 Å². The molecule has 0 aliphatic rings. The van der Waals surface area contributed by atoms with Crippen LogP contribution >= 0.6 is 0 Å². The van der Waals surface area contributed by atoms with E-state index in [4.69, 9.17) is 4.74 Å². The van der Waals surface area contributed by atoms with Crippen molar-refractivity contribution in [1.82, 2.24) is 10.6 Å². The fourth-order valence-electron chi connectivity index (χ4n) is 1.82. The molecule has 1 rings (SSSR count). The largest absolute Gasteiger partial charge is 0.484 e. The predicted octanol–water partition coefficient (Wildman–Crippen LogP) is 2.51. The van der Waals surface area contributed by atoms with Gasteiger partial charge in [-0.25, -0.2) is 0 Å². The first-order valence-corrected chi connectivity index (χ1v) is 7.25. The molecule has 0 saturated carbocycles. The number of carbonyl (C=O) groups excluding carboxylic acids is 1. The van der Waals surface area contributed by atoms with E-state index in [9.17, 15) is 4.79 Å². The van der Waals surface area contributed by atoms with Gasteiger partial charge in [0.15, 0.2) is 6.61 Å². The van der Waals surface area contributed by atoms with Crippen molar-refractivity contribution in [2.24, 2.45) is 5.92 Å². The molecule has 0 heterocycles. The van der Waals surface area contributed by atoms with Gasteiger partial charge in [-0.3, -0.25) is 4.79 Å². The van der Waals surface area contributed by atoms with E-state index in [2.05, 4.69) is 44.4 Å². The van der Waals surface area contributed by atoms with E-state index in [1.165, 1.54) is 0 Å². The molecule has 20 heavy (non-hydrogen) atoms. The van der Waals surface area contributed by atoms with Crippen molar-refractivity contribution in [2.45, 2.75) is 33.7 Å². The van der Waals surface area contributed by atoms with E-state index in [1.807, 2.05) is 18.2 Å². The number of ether oxygens (including phenoxy) is 1. The zero-order chi connectivity index (χ0) is 15.0. The van der Waals surface area contributed by atoms with E-state index in [-0.39, 0.29) is 18.6 Å². The van der Waals surface area contributed by atoms with Gasteiger partial charge < -0.3 is 15.4 Å². The normalized spacial score (nSPS) is 12.2. The molecule has 1 unspecified atom stereocenters. The summed E-state index contributed by atoms with van der Waals surface area (Å²) < 4.78 is 5.53. The quantitative estimate of drug-likeness (QED) is 0.768. The molecule has 0 aromatic heterocycles. The summed E-state index contributed by atoms with van der Waals surface area (Å²) in [5, 5.41) is 6.19. The van der Waals surface area contributed by atoms with E-state index >= 15 is 0 Å². The molecule has 1 aromatic rings. The monoisotopic (exact) mass is 278 g/mol. The lowest BCUT2D eigenvalue weighted by molar-refractivity contribution is -0.123. The van der Waals surface area contributed by atoms with Gasteiger partial charge in [0.05, 0.1) is 0 Å². The zero-order valence-corrected chi connectivity index (χ0v) is 12.9. The number of hydrogen-bond donors (Lipinski definition) is 2. The van der Waals surface area contributed by atoms with Gasteiger partial charge in [-0.15, -0.1) is 0 Å². The third-order valence-electron chi connectivity index (χ3n) is 2.95. The van der Waals surface area contributed by atoms with Crippen LogP contribution in [0.5, 0.6) is 5.75 Å². The second kappa shape index (κ2) is 8.59. The Balaban J connectivity index is 2.48. The summed E-state index contributed by atoms with van der Waals surface area (Å²) in [4.78, 5) is 11.6. The minimum atomic E-state index is -0.0798. The first-order chi connectivity index (χ1) is 9.52. The molecule has 0 fully saturated rings. The highest BCUT2D eigenvalue weighted by Gasteiger charge is 2.07. The molecule has 0 bridgehead atoms. The minimum Gasteiger partial charge on any atom is -0.484 e. The van der Waals surface area contributed by atoms with Gasteiger partial charge in [0.2, 0.25) is 0 Å². The van der Waals surface area contributed by atoms with Crippen LogP contribution in [0.3, 0.4) is 0 Å². The highest BCUT2D eigenvalue weighted by Crippen LogP contribution is 2.18. The number of amides is 1. The summed E-state index contributed by atoms with van der Waals surface area (Å²) in [5.41, 5.74) is 1.16. The molecule has 4 heteroatoms. The molecule has 0 aliphatic carbocycles. The summed E-state index contributed by atoms with van der Waals surface area (Å²) >= 11 is 0. The molecule has 2 N–H and O–H groups in total. The summed E-state index contributed by atoms with van der Waals surface area (Å²) in [6.45, 7) is 9.97. The minimum absolute atomic E-state index is 0.0613. The second-order valence-electron chi connectivity index (χ2n) is 5.34. The van der Waals surface area contributed by atoms with Crippen LogP contribution in [-0.2, 0) is 4.79 Å². The highest BCUT2D eigenvalue weighted by molar-refractivity contribution is 5.77. The van der Waals surface area contributed by atoms with Crippen molar-refractivity contribution in [3.63, 3.8) is 0 Å². The summed E-state index contributed by atoms with van der Waals surface area (Å²) in [6, 6.07) is 8.13. The molecule has 112 valence electrons. The van der Waals surface area contributed by atoms with Gasteiger partial charge in [0.25, 0.3) is 5.91 Å². The van der Waals surface area contributed by atoms with Gasteiger partial charge in [0.1, 0.15) is 5.75 Å². The fourth-order valence-corrected chi connectivity index (χ4v) is 1.82. The van der Waals surface area contributed by atoms with Crippen LogP contribution in [0.15, 0.2) is 24.3 Å². The van der Waals surface area contributed by atoms with Crippen molar-refractivity contribution >= 4 is 5.91 Å². The molecule has 0 spiro atoms. The fraction of sp³-hybridized carbons (Fsp3) is 0.562.